The summed E-state index contributed by atoms with van der Waals surface area (Å²) in [6.45, 7) is 2.26. The molecule has 0 atom stereocenters. The maximum atomic E-state index is 13.3. The van der Waals surface area contributed by atoms with Crippen LogP contribution >= 0.6 is 0 Å². The van der Waals surface area contributed by atoms with E-state index in [1.807, 2.05) is 0 Å². The Labute approximate surface area is 129 Å². The Morgan fingerprint density at radius 2 is 1.71 bits per heavy atom. The summed E-state index contributed by atoms with van der Waals surface area (Å²) >= 11 is 0. The molecular weight excluding hydrogens is 282 g/mol. The van der Waals surface area contributed by atoms with Gasteiger partial charge in [0.05, 0.1) is 0 Å². The molecule has 0 saturated carbocycles. The lowest BCUT2D eigenvalue weighted by molar-refractivity contribution is 0.502. The van der Waals surface area contributed by atoms with Crippen molar-refractivity contribution < 1.29 is 8.78 Å². The first kappa shape index (κ1) is 16.7. The first-order chi connectivity index (χ1) is 10.2. The van der Waals surface area contributed by atoms with Crippen molar-refractivity contribution in [3.8, 4) is 0 Å². The Balaban J connectivity index is 1.71. The van der Waals surface area contributed by atoms with Gasteiger partial charge in [0.2, 0.25) is 0 Å². The van der Waals surface area contributed by atoms with Crippen LogP contribution in [0.2, 0.25) is 18.1 Å². The summed E-state index contributed by atoms with van der Waals surface area (Å²) in [6, 6.07) is 8.73. The van der Waals surface area contributed by atoms with Gasteiger partial charge >= 0.3 is 0 Å². The normalized spacial score (nSPS) is 22.4. The first-order valence-corrected chi connectivity index (χ1v) is 11.1. The number of halogens is 2. The molecule has 0 radical (unpaired) electrons. The molecule has 0 N–H and O–H groups in total. The van der Waals surface area contributed by atoms with E-state index < -0.39 is 20.4 Å². The van der Waals surface area contributed by atoms with Gasteiger partial charge in [-0.2, -0.15) is 0 Å². The Kier molecular flexibility index (Phi) is 6.88. The molecule has 1 aromatic rings. The molecule has 0 aliphatic carbocycles. The number of rotatable bonds is 7. The molecule has 1 fully saturated rings. The molecule has 0 spiro atoms. The summed E-state index contributed by atoms with van der Waals surface area (Å²) in [7, 11) is -0.530. The standard InChI is InChI=1S/C18H28F2Si/c1-2-3-4-5-6-11-21-12-9-15(10-13-21)16-7-8-17(19)18(20)14-16/h7-8,14-15,21H,2-6,9-13H2,1H3. The molecule has 1 heterocycles. The topological polar surface area (TPSA) is 0 Å². The van der Waals surface area contributed by atoms with E-state index in [-0.39, 0.29) is 0 Å². The fraction of sp³-hybridized carbons (Fsp3) is 0.667. The summed E-state index contributed by atoms with van der Waals surface area (Å²) < 4.78 is 26.3. The van der Waals surface area contributed by atoms with Gasteiger partial charge in [-0.3, -0.25) is 0 Å². The maximum absolute atomic E-state index is 13.3. The van der Waals surface area contributed by atoms with E-state index in [0.717, 1.165) is 5.56 Å². The van der Waals surface area contributed by atoms with E-state index in [1.54, 1.807) is 6.07 Å². The Hall–Kier alpha value is -0.703. The van der Waals surface area contributed by atoms with Crippen LogP contribution in [0.3, 0.4) is 0 Å². The molecule has 0 unspecified atom stereocenters. The molecule has 0 nitrogen and oxygen atoms in total. The molecule has 1 aromatic carbocycles. The second-order valence-electron chi connectivity index (χ2n) is 6.59. The van der Waals surface area contributed by atoms with Crippen molar-refractivity contribution in [2.24, 2.45) is 0 Å². The highest BCUT2D eigenvalue weighted by molar-refractivity contribution is 6.59. The maximum Gasteiger partial charge on any atom is 0.159 e. The summed E-state index contributed by atoms with van der Waals surface area (Å²) in [5.74, 6) is -0.958. The quantitative estimate of drug-likeness (QED) is 0.425. The van der Waals surface area contributed by atoms with E-state index in [0.29, 0.717) is 5.92 Å². The minimum atomic E-state index is -0.728. The van der Waals surface area contributed by atoms with Crippen molar-refractivity contribution in [3.63, 3.8) is 0 Å². The predicted octanol–water partition coefficient (Wildman–Crippen LogP) is 6.04. The van der Waals surface area contributed by atoms with E-state index in [1.165, 1.54) is 75.2 Å². The van der Waals surface area contributed by atoms with Crippen molar-refractivity contribution in [3.05, 3.63) is 35.4 Å². The van der Waals surface area contributed by atoms with Gasteiger partial charge < -0.3 is 0 Å². The lowest BCUT2D eigenvalue weighted by atomic mass is 9.93. The van der Waals surface area contributed by atoms with Crippen molar-refractivity contribution in [1.29, 1.82) is 0 Å². The second-order valence-corrected chi connectivity index (χ2v) is 10.1. The second kappa shape index (κ2) is 8.67. The molecule has 1 aliphatic heterocycles. The monoisotopic (exact) mass is 310 g/mol. The van der Waals surface area contributed by atoms with Crippen LogP contribution in [0.5, 0.6) is 0 Å². The van der Waals surface area contributed by atoms with Crippen LogP contribution in [0, 0.1) is 11.6 Å². The molecule has 118 valence electrons. The van der Waals surface area contributed by atoms with Gasteiger partial charge in [0.1, 0.15) is 0 Å². The van der Waals surface area contributed by atoms with Gasteiger partial charge in [-0.1, -0.05) is 63.2 Å². The highest BCUT2D eigenvalue weighted by Gasteiger charge is 2.23. The average molecular weight is 311 g/mol. The van der Waals surface area contributed by atoms with Gasteiger partial charge in [0, 0.05) is 8.80 Å². The van der Waals surface area contributed by atoms with E-state index in [2.05, 4.69) is 6.92 Å². The Morgan fingerprint density at radius 1 is 1.00 bits per heavy atom. The molecule has 3 heteroatoms. The van der Waals surface area contributed by atoms with Crippen LogP contribution in [0.4, 0.5) is 8.78 Å². The van der Waals surface area contributed by atoms with E-state index in [4.69, 9.17) is 0 Å². The summed E-state index contributed by atoms with van der Waals surface area (Å²) in [5.41, 5.74) is 1.00. The highest BCUT2D eigenvalue weighted by atomic mass is 28.3. The molecule has 1 aliphatic rings. The SMILES string of the molecule is CCCCCCC[SiH]1CCC(c2ccc(F)c(F)c2)CC1. The molecule has 0 aromatic heterocycles. The summed E-state index contributed by atoms with van der Waals surface area (Å²) in [6.07, 6.45) is 9.31. The molecule has 0 amide bonds. The number of unbranched alkanes of at least 4 members (excludes halogenated alkanes) is 4. The average Bonchev–Trinajstić information content (AvgIpc) is 2.50. The van der Waals surface area contributed by atoms with Gasteiger partial charge in [0.25, 0.3) is 0 Å². The third-order valence-electron chi connectivity index (χ3n) is 4.98. The van der Waals surface area contributed by atoms with Gasteiger partial charge in [-0.25, -0.2) is 8.78 Å². The zero-order valence-electron chi connectivity index (χ0n) is 13.2. The van der Waals surface area contributed by atoms with Gasteiger partial charge in [0.15, 0.2) is 11.6 Å². The third-order valence-corrected chi connectivity index (χ3v) is 8.50. The lowest BCUT2D eigenvalue weighted by Gasteiger charge is -2.28. The largest absolute Gasteiger partial charge is 0.204 e. The highest BCUT2D eigenvalue weighted by Crippen LogP contribution is 2.35. The Morgan fingerprint density at radius 3 is 2.38 bits per heavy atom. The molecule has 21 heavy (non-hydrogen) atoms. The number of hydrogen-bond donors (Lipinski definition) is 0. The van der Waals surface area contributed by atoms with Crippen LogP contribution in [0.25, 0.3) is 0 Å². The van der Waals surface area contributed by atoms with Crippen LogP contribution in [-0.4, -0.2) is 8.80 Å². The van der Waals surface area contributed by atoms with Gasteiger partial charge in [-0.05, 0) is 36.5 Å². The third kappa shape index (κ3) is 5.21. The zero-order chi connectivity index (χ0) is 15.1. The van der Waals surface area contributed by atoms with Crippen LogP contribution in [0.1, 0.15) is 63.4 Å². The smallest absolute Gasteiger partial charge is 0.159 e. The fourth-order valence-corrected chi connectivity index (χ4v) is 7.07. The van der Waals surface area contributed by atoms with Crippen molar-refractivity contribution in [1.82, 2.24) is 0 Å². The van der Waals surface area contributed by atoms with Crippen LogP contribution in [0.15, 0.2) is 18.2 Å². The lowest BCUT2D eigenvalue weighted by Crippen LogP contribution is -2.20. The van der Waals surface area contributed by atoms with E-state index in [9.17, 15) is 8.78 Å². The molecule has 0 bridgehead atoms. The number of hydrogen-bond acceptors (Lipinski definition) is 0. The fourth-order valence-electron chi connectivity index (χ4n) is 3.59. The minimum Gasteiger partial charge on any atom is -0.204 e. The summed E-state index contributed by atoms with van der Waals surface area (Å²) in [4.78, 5) is 0. The first-order valence-electron chi connectivity index (χ1n) is 8.65. The van der Waals surface area contributed by atoms with Gasteiger partial charge in [-0.15, -0.1) is 0 Å². The van der Waals surface area contributed by atoms with Crippen molar-refractivity contribution in [2.75, 3.05) is 0 Å². The molecule has 1 saturated heterocycles. The Bertz CT molecular complexity index is 425. The predicted molar refractivity (Wildman–Crippen MR) is 88.7 cm³/mol. The number of benzene rings is 1. The van der Waals surface area contributed by atoms with E-state index >= 15 is 0 Å². The van der Waals surface area contributed by atoms with Crippen molar-refractivity contribution >= 4 is 8.80 Å². The van der Waals surface area contributed by atoms with Crippen LogP contribution in [-0.2, 0) is 0 Å². The molecular formula is C18H28F2Si. The zero-order valence-corrected chi connectivity index (χ0v) is 14.4. The summed E-state index contributed by atoms with van der Waals surface area (Å²) in [5, 5.41) is 0. The van der Waals surface area contributed by atoms with Crippen molar-refractivity contribution in [2.45, 2.75) is 75.9 Å². The van der Waals surface area contributed by atoms with Crippen LogP contribution < -0.4 is 0 Å². The minimum absolute atomic E-state index is 0.462. The molecule has 2 rings (SSSR count).